The highest BCUT2D eigenvalue weighted by atomic mass is 35.5. The Morgan fingerprint density at radius 3 is 2.35 bits per heavy atom. The van der Waals surface area contributed by atoms with Crippen LogP contribution in [-0.4, -0.2) is 0 Å². The Hall–Kier alpha value is -0.900. The quantitative estimate of drug-likeness (QED) is 0.650. The van der Waals surface area contributed by atoms with Gasteiger partial charge in [-0.1, -0.05) is 44.0 Å². The van der Waals surface area contributed by atoms with E-state index in [1.807, 2.05) is 20.8 Å². The Morgan fingerprint density at radius 1 is 1.29 bits per heavy atom. The predicted molar refractivity (Wildman–Crippen MR) is 77.0 cm³/mol. The summed E-state index contributed by atoms with van der Waals surface area (Å²) >= 11 is 11.6. The fraction of sp³-hybridized carbons (Fsp3) is 0.333. The first kappa shape index (κ1) is 16.1. The third-order valence-electron chi connectivity index (χ3n) is 1.91. The standard InChI is InChI=1S/C10H13Cl2N3.C2H6/c1-2-7(13)6-15(14)8-3-4-9(11)10(12)5-8;1-2/h3-6H,2,13-14H2,1H3;1-2H3/b7-6-;. The molecule has 3 nitrogen and oxygen atoms in total. The molecule has 0 amide bonds. The van der Waals surface area contributed by atoms with Gasteiger partial charge in [0.1, 0.15) is 0 Å². The van der Waals surface area contributed by atoms with Crippen molar-refractivity contribution < 1.29 is 0 Å². The van der Waals surface area contributed by atoms with Crippen LogP contribution in [0.5, 0.6) is 0 Å². The molecule has 0 unspecified atom stereocenters. The summed E-state index contributed by atoms with van der Waals surface area (Å²) in [5.74, 6) is 5.77. The maximum absolute atomic E-state index is 5.86. The van der Waals surface area contributed by atoms with Gasteiger partial charge in [-0.25, -0.2) is 5.84 Å². The van der Waals surface area contributed by atoms with E-state index < -0.39 is 0 Å². The van der Waals surface area contributed by atoms with E-state index in [1.165, 1.54) is 5.01 Å². The second-order valence-corrected chi connectivity index (χ2v) is 3.88. The minimum absolute atomic E-state index is 0.466. The van der Waals surface area contributed by atoms with E-state index in [0.717, 1.165) is 12.1 Å². The highest BCUT2D eigenvalue weighted by Gasteiger charge is 2.02. The number of halogens is 2. The van der Waals surface area contributed by atoms with Gasteiger partial charge in [-0.05, 0) is 24.6 Å². The summed E-state index contributed by atoms with van der Waals surface area (Å²) in [5.41, 5.74) is 7.09. The van der Waals surface area contributed by atoms with Crippen LogP contribution in [0.25, 0.3) is 0 Å². The highest BCUT2D eigenvalue weighted by molar-refractivity contribution is 6.42. The molecule has 96 valence electrons. The van der Waals surface area contributed by atoms with E-state index in [-0.39, 0.29) is 0 Å². The van der Waals surface area contributed by atoms with Gasteiger partial charge in [-0.3, -0.25) is 5.01 Å². The van der Waals surface area contributed by atoms with Crippen molar-refractivity contribution in [3.63, 3.8) is 0 Å². The third-order valence-corrected chi connectivity index (χ3v) is 2.65. The average Bonchev–Trinajstić information content (AvgIpc) is 2.34. The van der Waals surface area contributed by atoms with E-state index in [9.17, 15) is 0 Å². The number of nitrogens with zero attached hydrogens (tertiary/aromatic N) is 1. The molecule has 5 heteroatoms. The first-order valence-corrected chi connectivity index (χ1v) is 6.25. The fourth-order valence-corrected chi connectivity index (χ4v) is 1.28. The lowest BCUT2D eigenvalue weighted by Crippen LogP contribution is -2.25. The molecular weight excluding hydrogens is 257 g/mol. The number of allylic oxidation sites excluding steroid dienone is 1. The molecule has 0 spiro atoms. The molecule has 0 bridgehead atoms. The van der Waals surface area contributed by atoms with Crippen molar-refractivity contribution in [1.82, 2.24) is 0 Å². The molecule has 0 fully saturated rings. The van der Waals surface area contributed by atoms with Gasteiger partial charge in [0, 0.05) is 11.9 Å². The second-order valence-electron chi connectivity index (χ2n) is 3.06. The van der Waals surface area contributed by atoms with Crippen LogP contribution in [0, 0.1) is 0 Å². The second kappa shape index (κ2) is 8.23. The van der Waals surface area contributed by atoms with Crippen molar-refractivity contribution in [2.75, 3.05) is 5.01 Å². The molecule has 0 aliphatic heterocycles. The molecule has 1 aromatic carbocycles. The van der Waals surface area contributed by atoms with E-state index in [2.05, 4.69) is 0 Å². The molecular formula is C12H19Cl2N3. The largest absolute Gasteiger partial charge is 0.401 e. The monoisotopic (exact) mass is 275 g/mol. The Kier molecular flexibility index (Phi) is 7.79. The molecule has 0 radical (unpaired) electrons. The maximum Gasteiger partial charge on any atom is 0.0613 e. The summed E-state index contributed by atoms with van der Waals surface area (Å²) in [5, 5.41) is 2.38. The molecule has 0 aliphatic rings. The van der Waals surface area contributed by atoms with E-state index >= 15 is 0 Å². The van der Waals surface area contributed by atoms with Gasteiger partial charge < -0.3 is 5.73 Å². The smallest absolute Gasteiger partial charge is 0.0613 e. The van der Waals surface area contributed by atoms with Crippen LogP contribution >= 0.6 is 23.2 Å². The van der Waals surface area contributed by atoms with Gasteiger partial charge in [0.05, 0.1) is 15.7 Å². The van der Waals surface area contributed by atoms with Gasteiger partial charge in [0.15, 0.2) is 0 Å². The predicted octanol–water partition coefficient (Wildman–Crippen LogP) is 3.91. The van der Waals surface area contributed by atoms with Crippen molar-refractivity contribution in [1.29, 1.82) is 0 Å². The average molecular weight is 276 g/mol. The van der Waals surface area contributed by atoms with Crippen LogP contribution in [0.2, 0.25) is 10.0 Å². The van der Waals surface area contributed by atoms with Gasteiger partial charge >= 0.3 is 0 Å². The lowest BCUT2D eigenvalue weighted by molar-refractivity contribution is 0.995. The molecule has 1 rings (SSSR count). The summed E-state index contributed by atoms with van der Waals surface area (Å²) in [6.07, 6.45) is 2.40. The molecule has 0 saturated heterocycles. The van der Waals surface area contributed by atoms with Gasteiger partial charge in [0.25, 0.3) is 0 Å². The Morgan fingerprint density at radius 2 is 1.88 bits per heavy atom. The number of rotatable bonds is 3. The van der Waals surface area contributed by atoms with Gasteiger partial charge in [-0.2, -0.15) is 0 Å². The SMILES string of the molecule is CC.CC/C(N)=C/N(N)c1ccc(Cl)c(Cl)c1. The first-order chi connectivity index (χ1) is 8.04. The van der Waals surface area contributed by atoms with Gasteiger partial charge in [0.2, 0.25) is 0 Å². The molecule has 0 aliphatic carbocycles. The van der Waals surface area contributed by atoms with Crippen molar-refractivity contribution in [3.8, 4) is 0 Å². The molecule has 0 heterocycles. The zero-order valence-electron chi connectivity index (χ0n) is 10.4. The maximum atomic E-state index is 5.86. The summed E-state index contributed by atoms with van der Waals surface area (Å²) in [6, 6.07) is 5.14. The Bertz CT molecular complexity index is 378. The highest BCUT2D eigenvalue weighted by Crippen LogP contribution is 2.26. The normalized spacial score (nSPS) is 10.6. The molecule has 4 N–H and O–H groups in total. The lowest BCUT2D eigenvalue weighted by atomic mass is 10.3. The first-order valence-electron chi connectivity index (χ1n) is 5.49. The zero-order valence-corrected chi connectivity index (χ0v) is 11.9. The summed E-state index contributed by atoms with van der Waals surface area (Å²) in [6.45, 7) is 5.95. The molecule has 0 saturated carbocycles. The van der Waals surface area contributed by atoms with Crippen LogP contribution in [0.1, 0.15) is 27.2 Å². The summed E-state index contributed by atoms with van der Waals surface area (Å²) in [7, 11) is 0. The molecule has 1 aromatic rings. The van der Waals surface area contributed by atoms with Crippen molar-refractivity contribution in [2.24, 2.45) is 11.6 Å². The minimum Gasteiger partial charge on any atom is -0.401 e. The van der Waals surface area contributed by atoms with Crippen molar-refractivity contribution >= 4 is 28.9 Å². The summed E-state index contributed by atoms with van der Waals surface area (Å²) < 4.78 is 0. The van der Waals surface area contributed by atoms with E-state index in [0.29, 0.717) is 15.7 Å². The van der Waals surface area contributed by atoms with Crippen LogP contribution < -0.4 is 16.6 Å². The van der Waals surface area contributed by atoms with Crippen LogP contribution in [0.3, 0.4) is 0 Å². The van der Waals surface area contributed by atoms with Crippen LogP contribution in [0.15, 0.2) is 30.1 Å². The number of nitrogens with two attached hydrogens (primary N) is 2. The number of hydrazine groups is 1. The molecule has 17 heavy (non-hydrogen) atoms. The number of hydrogen-bond acceptors (Lipinski definition) is 3. The fourth-order valence-electron chi connectivity index (χ4n) is 0.990. The van der Waals surface area contributed by atoms with Crippen molar-refractivity contribution in [2.45, 2.75) is 27.2 Å². The lowest BCUT2D eigenvalue weighted by Gasteiger charge is -2.15. The van der Waals surface area contributed by atoms with Crippen LogP contribution in [0.4, 0.5) is 5.69 Å². The zero-order chi connectivity index (χ0) is 13.4. The summed E-state index contributed by atoms with van der Waals surface area (Å²) in [4.78, 5) is 0. The van der Waals surface area contributed by atoms with Crippen LogP contribution in [-0.2, 0) is 0 Å². The topological polar surface area (TPSA) is 55.3 Å². The van der Waals surface area contributed by atoms with Gasteiger partial charge in [-0.15, -0.1) is 0 Å². The number of benzene rings is 1. The van der Waals surface area contributed by atoms with Crippen molar-refractivity contribution in [3.05, 3.63) is 40.1 Å². The van der Waals surface area contributed by atoms with E-state index in [1.54, 1.807) is 24.4 Å². The third kappa shape index (κ3) is 5.31. The number of anilines is 1. The minimum atomic E-state index is 0.466. The Balaban J connectivity index is 0.00000121. The number of hydrogen-bond donors (Lipinski definition) is 2. The molecule has 0 atom stereocenters. The Labute approximate surface area is 113 Å². The molecule has 0 aromatic heterocycles. The van der Waals surface area contributed by atoms with E-state index in [4.69, 9.17) is 34.8 Å².